The third kappa shape index (κ3) is 4.25. The van der Waals surface area contributed by atoms with E-state index in [2.05, 4.69) is 4.72 Å². The maximum atomic E-state index is 12.2. The molecule has 2 rings (SSSR count). The van der Waals surface area contributed by atoms with Crippen molar-refractivity contribution in [3.05, 3.63) is 28.3 Å². The van der Waals surface area contributed by atoms with Gasteiger partial charge in [-0.25, -0.2) is 13.1 Å². The summed E-state index contributed by atoms with van der Waals surface area (Å²) in [4.78, 5) is 9.89. The van der Waals surface area contributed by atoms with Crippen molar-refractivity contribution < 1.29 is 13.3 Å². The lowest BCUT2D eigenvalue weighted by molar-refractivity contribution is -0.384. The molecule has 1 aliphatic rings. The fourth-order valence-corrected chi connectivity index (χ4v) is 5.74. The fourth-order valence-electron chi connectivity index (χ4n) is 1.83. The van der Waals surface area contributed by atoms with Crippen LogP contribution in [0.25, 0.3) is 0 Å². The first-order valence-electron chi connectivity index (χ1n) is 6.13. The molecule has 116 valence electrons. The van der Waals surface area contributed by atoms with Gasteiger partial charge in [0.15, 0.2) is 0 Å². The van der Waals surface area contributed by atoms with Gasteiger partial charge in [0, 0.05) is 41.2 Å². The second-order valence-electron chi connectivity index (χ2n) is 4.40. The van der Waals surface area contributed by atoms with E-state index in [0.29, 0.717) is 6.54 Å². The number of non-ortho nitro benzene ring substituents is 1. The highest BCUT2D eigenvalue weighted by molar-refractivity contribution is 8.06. The fraction of sp³-hybridized carbons (Fsp3) is 0.455. The Kier molecular flexibility index (Phi) is 5.36. The molecular formula is C11H15N3O4S3. The number of thioether (sulfide) groups is 2. The van der Waals surface area contributed by atoms with Crippen molar-refractivity contribution >= 4 is 44.9 Å². The van der Waals surface area contributed by atoms with Gasteiger partial charge in [0.2, 0.25) is 10.0 Å². The Morgan fingerprint density at radius 1 is 1.43 bits per heavy atom. The molecule has 1 heterocycles. The van der Waals surface area contributed by atoms with E-state index in [0.717, 1.165) is 29.4 Å². The molecule has 0 spiro atoms. The van der Waals surface area contributed by atoms with E-state index >= 15 is 0 Å². The van der Waals surface area contributed by atoms with Crippen LogP contribution >= 0.6 is 23.5 Å². The van der Waals surface area contributed by atoms with Gasteiger partial charge >= 0.3 is 0 Å². The highest BCUT2D eigenvalue weighted by atomic mass is 32.2. The Morgan fingerprint density at radius 3 is 2.76 bits per heavy atom. The van der Waals surface area contributed by atoms with E-state index in [9.17, 15) is 18.5 Å². The van der Waals surface area contributed by atoms with Crippen molar-refractivity contribution in [2.24, 2.45) is 0 Å². The molecule has 1 fully saturated rings. The van der Waals surface area contributed by atoms with Crippen molar-refractivity contribution in [3.8, 4) is 0 Å². The Labute approximate surface area is 131 Å². The van der Waals surface area contributed by atoms with E-state index in [1.54, 1.807) is 23.5 Å². The van der Waals surface area contributed by atoms with Crippen LogP contribution in [0.4, 0.5) is 11.4 Å². The smallest absolute Gasteiger partial charge is 0.271 e. The van der Waals surface area contributed by atoms with Crippen LogP contribution in [0, 0.1) is 10.1 Å². The number of sulfonamides is 1. The molecule has 0 amide bonds. The lowest BCUT2D eigenvalue weighted by Gasteiger charge is -2.21. The topological polar surface area (TPSA) is 115 Å². The predicted molar refractivity (Wildman–Crippen MR) is 86.3 cm³/mol. The number of nitro groups is 1. The summed E-state index contributed by atoms with van der Waals surface area (Å²) >= 11 is 3.54. The van der Waals surface area contributed by atoms with Crippen LogP contribution in [0.2, 0.25) is 0 Å². The molecule has 3 N–H and O–H groups in total. The largest absolute Gasteiger partial charge is 0.397 e. The van der Waals surface area contributed by atoms with Crippen molar-refractivity contribution in [3.63, 3.8) is 0 Å². The first-order valence-corrected chi connectivity index (χ1v) is 9.82. The molecule has 0 aromatic heterocycles. The monoisotopic (exact) mass is 349 g/mol. The summed E-state index contributed by atoms with van der Waals surface area (Å²) in [6.07, 6.45) is 0. The molecule has 1 aliphatic heterocycles. The summed E-state index contributed by atoms with van der Waals surface area (Å²) in [5, 5.41) is 10.9. The number of nitro benzene ring substituents is 1. The molecule has 0 bridgehead atoms. The van der Waals surface area contributed by atoms with E-state index in [4.69, 9.17) is 5.73 Å². The van der Waals surface area contributed by atoms with Crippen LogP contribution in [-0.2, 0) is 10.0 Å². The number of nitrogens with zero attached hydrogens (tertiary/aromatic N) is 1. The first kappa shape index (κ1) is 16.4. The zero-order valence-electron chi connectivity index (χ0n) is 11.0. The van der Waals surface area contributed by atoms with Crippen LogP contribution in [-0.4, -0.2) is 42.4 Å². The summed E-state index contributed by atoms with van der Waals surface area (Å²) in [7, 11) is -3.75. The Morgan fingerprint density at radius 2 is 2.19 bits per heavy atom. The van der Waals surface area contributed by atoms with Crippen LogP contribution in [0.15, 0.2) is 23.1 Å². The number of benzene rings is 1. The van der Waals surface area contributed by atoms with E-state index in [-0.39, 0.29) is 21.5 Å². The highest BCUT2D eigenvalue weighted by Crippen LogP contribution is 2.26. The first-order chi connectivity index (χ1) is 9.90. The summed E-state index contributed by atoms with van der Waals surface area (Å²) in [6.45, 7) is 0.330. The van der Waals surface area contributed by atoms with Gasteiger partial charge in [0.1, 0.15) is 4.90 Å². The second kappa shape index (κ2) is 6.86. The molecule has 0 aliphatic carbocycles. The molecule has 21 heavy (non-hydrogen) atoms. The summed E-state index contributed by atoms with van der Waals surface area (Å²) < 4.78 is 26.9. The van der Waals surface area contributed by atoms with Gasteiger partial charge in [-0.1, -0.05) is 0 Å². The minimum Gasteiger partial charge on any atom is -0.397 e. The minimum atomic E-state index is -3.75. The highest BCUT2D eigenvalue weighted by Gasteiger charge is 2.22. The van der Waals surface area contributed by atoms with Crippen LogP contribution in [0.3, 0.4) is 0 Å². The van der Waals surface area contributed by atoms with Gasteiger partial charge in [-0.15, -0.1) is 0 Å². The summed E-state index contributed by atoms with van der Waals surface area (Å²) in [6, 6.07) is 3.36. The maximum absolute atomic E-state index is 12.2. The summed E-state index contributed by atoms with van der Waals surface area (Å²) in [5.74, 6) is 3.00. The summed E-state index contributed by atoms with van der Waals surface area (Å²) in [5.41, 5.74) is 5.27. The number of anilines is 1. The van der Waals surface area contributed by atoms with Crippen molar-refractivity contribution in [1.82, 2.24) is 4.72 Å². The molecule has 10 heteroatoms. The number of nitrogens with one attached hydrogen (secondary N) is 1. The zero-order chi connectivity index (χ0) is 15.5. The Balaban J connectivity index is 2.10. The molecule has 1 aromatic rings. The lowest BCUT2D eigenvalue weighted by Crippen LogP contribution is -2.33. The molecule has 1 atom stereocenters. The van der Waals surface area contributed by atoms with Crippen LogP contribution < -0.4 is 10.5 Å². The number of rotatable bonds is 5. The molecule has 1 saturated heterocycles. The minimum absolute atomic E-state index is 0.123. The van der Waals surface area contributed by atoms with Gasteiger partial charge in [0.05, 0.1) is 10.6 Å². The average Bonchev–Trinajstić information content (AvgIpc) is 2.46. The van der Waals surface area contributed by atoms with E-state index in [1.165, 1.54) is 6.07 Å². The molecule has 1 aromatic carbocycles. The Bertz CT molecular complexity index is 630. The van der Waals surface area contributed by atoms with Gasteiger partial charge in [-0.3, -0.25) is 10.1 Å². The van der Waals surface area contributed by atoms with Crippen molar-refractivity contribution in [1.29, 1.82) is 0 Å². The van der Waals surface area contributed by atoms with E-state index < -0.39 is 14.9 Å². The van der Waals surface area contributed by atoms with Gasteiger partial charge in [-0.2, -0.15) is 23.5 Å². The average molecular weight is 349 g/mol. The SMILES string of the molecule is Nc1cc([N+](=O)[O-])ccc1S(=O)(=O)NCC1CSCCS1. The lowest BCUT2D eigenvalue weighted by atomic mass is 10.3. The molecule has 7 nitrogen and oxygen atoms in total. The molecular weight excluding hydrogens is 334 g/mol. The molecule has 0 saturated carbocycles. The number of nitrogen functional groups attached to an aromatic ring is 1. The zero-order valence-corrected chi connectivity index (χ0v) is 13.5. The Hall–Kier alpha value is -0.970. The number of nitrogens with two attached hydrogens (primary N) is 1. The maximum Gasteiger partial charge on any atom is 0.271 e. The van der Waals surface area contributed by atoms with Gasteiger partial charge < -0.3 is 5.73 Å². The van der Waals surface area contributed by atoms with Crippen LogP contribution in [0.5, 0.6) is 0 Å². The third-order valence-electron chi connectivity index (χ3n) is 2.88. The van der Waals surface area contributed by atoms with Gasteiger partial charge in [0.25, 0.3) is 5.69 Å². The third-order valence-corrected chi connectivity index (χ3v) is 7.22. The number of hydrogen-bond donors (Lipinski definition) is 2. The van der Waals surface area contributed by atoms with E-state index in [1.807, 2.05) is 0 Å². The van der Waals surface area contributed by atoms with Crippen molar-refractivity contribution in [2.75, 3.05) is 29.5 Å². The van der Waals surface area contributed by atoms with Crippen molar-refractivity contribution in [2.45, 2.75) is 10.1 Å². The molecule has 0 radical (unpaired) electrons. The number of hydrogen-bond acceptors (Lipinski definition) is 7. The normalized spacial score (nSPS) is 19.3. The quantitative estimate of drug-likeness (QED) is 0.468. The standard InChI is InChI=1S/C11H15N3O4S3/c12-10-5-8(14(15)16)1-2-11(10)21(17,18)13-6-9-7-19-3-4-20-9/h1-2,5,9,13H,3-4,6-7,12H2. The van der Waals surface area contributed by atoms with Crippen LogP contribution in [0.1, 0.15) is 0 Å². The van der Waals surface area contributed by atoms with Gasteiger partial charge in [-0.05, 0) is 6.07 Å². The molecule has 1 unspecified atom stereocenters. The predicted octanol–water partition coefficient (Wildman–Crippen LogP) is 1.30. The second-order valence-corrected chi connectivity index (χ2v) is 8.69.